The molecule has 1 saturated carbocycles. The third kappa shape index (κ3) is 4.40. The van der Waals surface area contributed by atoms with Gasteiger partial charge < -0.3 is 14.2 Å². The van der Waals surface area contributed by atoms with Crippen molar-refractivity contribution in [3.05, 3.63) is 75.6 Å². The van der Waals surface area contributed by atoms with Gasteiger partial charge in [-0.2, -0.15) is 0 Å². The average molecular weight is 555 g/mol. The number of H-pyrrole nitrogens is 1. The molecule has 1 N–H and O–H groups in total. The van der Waals surface area contributed by atoms with Crippen LogP contribution >= 0.6 is 0 Å². The number of alkyl halides is 1. The van der Waals surface area contributed by atoms with Gasteiger partial charge in [0.25, 0.3) is 0 Å². The number of piperidine rings is 1. The molecule has 2 aromatic heterocycles. The number of allylic oxidation sites excluding steroid dienone is 4. The maximum Gasteiger partial charge on any atom is 0.439 e. The number of hydrogen-bond acceptors (Lipinski definition) is 7. The number of anilines is 1. The highest BCUT2D eigenvalue weighted by atomic mass is 19.2. The van der Waals surface area contributed by atoms with Gasteiger partial charge in [0.15, 0.2) is 5.82 Å². The lowest BCUT2D eigenvalue weighted by atomic mass is 9.82. The quantitative estimate of drug-likeness (QED) is 0.383. The number of nitrogens with zero attached hydrogens (tertiary/aromatic N) is 3. The number of fused-ring (bicyclic) bond motifs is 2. The van der Waals surface area contributed by atoms with Crippen LogP contribution in [-0.2, 0) is 11.3 Å². The van der Waals surface area contributed by atoms with Gasteiger partial charge in [0.05, 0.1) is 24.2 Å². The number of halogens is 3. The lowest BCUT2D eigenvalue weighted by Crippen LogP contribution is -2.45. The zero-order valence-corrected chi connectivity index (χ0v) is 21.9. The van der Waals surface area contributed by atoms with Crippen LogP contribution in [0.1, 0.15) is 74.3 Å². The van der Waals surface area contributed by atoms with Crippen molar-refractivity contribution in [1.29, 1.82) is 0 Å². The van der Waals surface area contributed by atoms with E-state index in [1.54, 1.807) is 6.07 Å². The van der Waals surface area contributed by atoms with E-state index in [1.165, 1.54) is 31.2 Å². The predicted octanol–water partition coefficient (Wildman–Crippen LogP) is 5.99. The second kappa shape index (κ2) is 9.50. The SMILES string of the molecule is CC1(F)C=CC=C(F)C1c1noc(C2CC2)c1CO[C@H]1C[C@H]2CC[C@@H](C1)N2c1ccc(-c2noc(=O)[nH]2)c(F)c1. The summed E-state index contributed by atoms with van der Waals surface area (Å²) in [4.78, 5) is 15.9. The van der Waals surface area contributed by atoms with Crippen LogP contribution in [0.15, 0.2) is 56.1 Å². The topological polar surface area (TPSA) is 97.4 Å². The molecule has 2 saturated heterocycles. The molecule has 7 rings (SSSR count). The Morgan fingerprint density at radius 1 is 1.12 bits per heavy atom. The molecule has 4 aliphatic rings. The molecule has 3 fully saturated rings. The summed E-state index contributed by atoms with van der Waals surface area (Å²) in [6.45, 7) is 1.53. The van der Waals surface area contributed by atoms with E-state index in [0.717, 1.165) is 44.2 Å². The Labute approximate surface area is 227 Å². The van der Waals surface area contributed by atoms with Gasteiger partial charge >= 0.3 is 5.76 Å². The van der Waals surface area contributed by atoms with Crippen molar-refractivity contribution in [2.75, 3.05) is 4.90 Å². The van der Waals surface area contributed by atoms with Gasteiger partial charge in [0.1, 0.15) is 28.8 Å². The van der Waals surface area contributed by atoms with E-state index >= 15 is 4.39 Å². The fourth-order valence-electron chi connectivity index (χ4n) is 6.65. The fourth-order valence-corrected chi connectivity index (χ4v) is 6.65. The van der Waals surface area contributed by atoms with E-state index in [-0.39, 0.29) is 47.8 Å². The number of hydrogen-bond donors (Lipinski definition) is 1. The zero-order chi connectivity index (χ0) is 27.6. The summed E-state index contributed by atoms with van der Waals surface area (Å²) in [5.74, 6) is -2.04. The van der Waals surface area contributed by atoms with Crippen molar-refractivity contribution in [3.63, 3.8) is 0 Å². The first-order valence-corrected chi connectivity index (χ1v) is 13.8. The number of aromatic amines is 1. The molecule has 2 aliphatic heterocycles. The summed E-state index contributed by atoms with van der Waals surface area (Å²) in [6, 6.07) is 5.24. The highest BCUT2D eigenvalue weighted by Crippen LogP contribution is 2.48. The van der Waals surface area contributed by atoms with E-state index in [2.05, 4.69) is 24.7 Å². The Bertz CT molecular complexity index is 1540. The van der Waals surface area contributed by atoms with Crippen LogP contribution in [0.2, 0.25) is 0 Å². The second-order valence-corrected chi connectivity index (χ2v) is 11.5. The summed E-state index contributed by atoms with van der Waals surface area (Å²) in [7, 11) is 0. The summed E-state index contributed by atoms with van der Waals surface area (Å²) in [6.07, 6.45) is 9.29. The van der Waals surface area contributed by atoms with Gasteiger partial charge in [0.2, 0.25) is 0 Å². The maximum absolute atomic E-state index is 15.4. The molecule has 2 aliphatic carbocycles. The Hall–Kier alpha value is -3.60. The summed E-state index contributed by atoms with van der Waals surface area (Å²) < 4.78 is 61.8. The molecule has 0 amide bonds. The normalized spacial score (nSPS) is 29.7. The lowest BCUT2D eigenvalue weighted by molar-refractivity contribution is 0.0139. The minimum atomic E-state index is -1.93. The lowest BCUT2D eigenvalue weighted by Gasteiger charge is -2.40. The molecule has 3 aromatic rings. The Morgan fingerprint density at radius 3 is 2.55 bits per heavy atom. The van der Waals surface area contributed by atoms with Crippen molar-refractivity contribution < 1.29 is 27.0 Å². The molecule has 4 heterocycles. The van der Waals surface area contributed by atoms with Gasteiger partial charge in [-0.15, -0.1) is 0 Å². The van der Waals surface area contributed by atoms with E-state index in [9.17, 15) is 13.6 Å². The number of benzene rings is 1. The predicted molar refractivity (Wildman–Crippen MR) is 139 cm³/mol. The largest absolute Gasteiger partial charge is 0.439 e. The van der Waals surface area contributed by atoms with Crippen molar-refractivity contribution in [1.82, 2.24) is 15.3 Å². The maximum atomic E-state index is 15.4. The number of ether oxygens (including phenoxy) is 1. The van der Waals surface area contributed by atoms with Crippen molar-refractivity contribution >= 4 is 5.69 Å². The first kappa shape index (κ1) is 25.4. The van der Waals surface area contributed by atoms with Crippen LogP contribution in [0.5, 0.6) is 0 Å². The third-order valence-electron chi connectivity index (χ3n) is 8.69. The van der Waals surface area contributed by atoms with Gasteiger partial charge in [-0.1, -0.05) is 16.4 Å². The van der Waals surface area contributed by atoms with Gasteiger partial charge in [0, 0.05) is 29.3 Å². The molecule has 0 radical (unpaired) electrons. The van der Waals surface area contributed by atoms with Crippen molar-refractivity contribution in [2.45, 2.75) is 87.7 Å². The Morgan fingerprint density at radius 2 is 1.90 bits per heavy atom. The standard InChI is InChI=1S/C29H29F3N4O4/c1-29(32)10-2-3-22(30)24(29)25-21(26(39-34-25)15-4-5-15)14-38-19-11-16-6-7-17(12-19)36(16)18-8-9-20(23(31)13-18)27-33-28(37)40-35-27/h2-3,8-10,13,15-17,19,24H,4-7,11-12,14H2,1H3,(H,33,35,37)/t16-,17+,19+,24?,29?. The number of aromatic nitrogens is 3. The molecule has 11 heteroatoms. The Kier molecular flexibility index (Phi) is 6.03. The highest BCUT2D eigenvalue weighted by Gasteiger charge is 2.45. The number of nitrogens with one attached hydrogen (secondary N) is 1. The molecule has 2 unspecified atom stereocenters. The van der Waals surface area contributed by atoms with Crippen LogP contribution in [-0.4, -0.2) is 39.2 Å². The van der Waals surface area contributed by atoms with Crippen LogP contribution in [0.3, 0.4) is 0 Å². The third-order valence-corrected chi connectivity index (χ3v) is 8.69. The van der Waals surface area contributed by atoms with Crippen LogP contribution < -0.4 is 10.7 Å². The van der Waals surface area contributed by atoms with Gasteiger partial charge in [-0.3, -0.25) is 9.51 Å². The second-order valence-electron chi connectivity index (χ2n) is 11.5. The molecule has 0 spiro atoms. The van der Waals surface area contributed by atoms with Crippen LogP contribution in [0.25, 0.3) is 11.4 Å². The first-order chi connectivity index (χ1) is 19.3. The smallest absolute Gasteiger partial charge is 0.373 e. The van der Waals surface area contributed by atoms with Gasteiger partial charge in [-0.05, 0) is 75.8 Å². The minimum Gasteiger partial charge on any atom is -0.373 e. The molecule has 40 heavy (non-hydrogen) atoms. The molecule has 1 aromatic carbocycles. The minimum absolute atomic E-state index is 0.0514. The zero-order valence-electron chi connectivity index (χ0n) is 21.9. The molecular weight excluding hydrogens is 525 g/mol. The van der Waals surface area contributed by atoms with Crippen molar-refractivity contribution in [2.24, 2.45) is 0 Å². The van der Waals surface area contributed by atoms with Crippen LogP contribution in [0.4, 0.5) is 18.9 Å². The molecular formula is C29H29F3N4O4. The summed E-state index contributed by atoms with van der Waals surface area (Å²) in [5.41, 5.74) is -0.0581. The van der Waals surface area contributed by atoms with Gasteiger partial charge in [-0.25, -0.2) is 18.0 Å². The van der Waals surface area contributed by atoms with Crippen molar-refractivity contribution in [3.8, 4) is 11.4 Å². The van der Waals surface area contributed by atoms with E-state index in [4.69, 9.17) is 9.26 Å². The van der Waals surface area contributed by atoms with Crippen LogP contribution in [0, 0.1) is 5.82 Å². The monoisotopic (exact) mass is 554 g/mol. The molecule has 210 valence electrons. The Balaban J connectivity index is 1.08. The first-order valence-electron chi connectivity index (χ1n) is 13.8. The van der Waals surface area contributed by atoms with E-state index in [1.807, 2.05) is 6.07 Å². The molecule has 5 atom stereocenters. The number of rotatable bonds is 7. The average Bonchev–Trinajstić information content (AvgIpc) is 3.44. The van der Waals surface area contributed by atoms with E-state index < -0.39 is 29.0 Å². The summed E-state index contributed by atoms with van der Waals surface area (Å²) >= 11 is 0. The highest BCUT2D eigenvalue weighted by molar-refractivity contribution is 5.62. The molecule has 2 bridgehead atoms. The molecule has 8 nitrogen and oxygen atoms in total. The fraction of sp³-hybridized carbons (Fsp3) is 0.483. The summed E-state index contributed by atoms with van der Waals surface area (Å²) in [5, 5.41) is 7.74. The van der Waals surface area contributed by atoms with E-state index in [0.29, 0.717) is 11.3 Å².